The van der Waals surface area contributed by atoms with Crippen molar-refractivity contribution in [3.05, 3.63) is 66.4 Å². The lowest BCUT2D eigenvalue weighted by atomic mass is 10.1. The molecular weight excluding hydrogens is 284 g/mol. The first kappa shape index (κ1) is 13.8. The number of hydrogen-bond donors (Lipinski definition) is 0. The van der Waals surface area contributed by atoms with Crippen LogP contribution in [0.5, 0.6) is 0 Å². The van der Waals surface area contributed by atoms with Gasteiger partial charge in [0.15, 0.2) is 11.6 Å². The van der Waals surface area contributed by atoms with Crippen LogP contribution in [-0.2, 0) is 0 Å². The van der Waals surface area contributed by atoms with Crippen LogP contribution >= 0.6 is 0 Å². The number of aromatic nitrogens is 2. The average molecular weight is 302 g/mol. The summed E-state index contributed by atoms with van der Waals surface area (Å²) in [6.07, 6.45) is 1.87. The Labute approximate surface area is 136 Å². The molecule has 4 heteroatoms. The number of benzene rings is 2. The second kappa shape index (κ2) is 5.39. The first-order valence-corrected chi connectivity index (χ1v) is 7.71. The van der Waals surface area contributed by atoms with Gasteiger partial charge in [-0.25, -0.2) is 9.97 Å². The van der Waals surface area contributed by atoms with E-state index < -0.39 is 0 Å². The molecule has 4 nitrogen and oxygen atoms in total. The Hall–Kier alpha value is -2.88. The molecule has 4 rings (SSSR count). The monoisotopic (exact) mass is 302 g/mol. The highest BCUT2D eigenvalue weighted by atomic mass is 15.4. The van der Waals surface area contributed by atoms with Crippen LogP contribution in [0.2, 0.25) is 0 Å². The molecule has 1 aromatic heterocycles. The van der Waals surface area contributed by atoms with Crippen LogP contribution in [0.4, 0.5) is 17.3 Å². The van der Waals surface area contributed by atoms with Crippen molar-refractivity contribution in [2.24, 2.45) is 0 Å². The summed E-state index contributed by atoms with van der Waals surface area (Å²) in [5, 5.41) is 0. The number of fused-ring (bicyclic) bond motifs is 1. The molecule has 0 aliphatic carbocycles. The van der Waals surface area contributed by atoms with E-state index in [1.165, 1.54) is 5.56 Å². The molecule has 0 N–H and O–H groups in total. The van der Waals surface area contributed by atoms with Crippen LogP contribution in [-0.4, -0.2) is 23.7 Å². The Morgan fingerprint density at radius 1 is 0.913 bits per heavy atom. The van der Waals surface area contributed by atoms with Gasteiger partial charge in [-0.3, -0.25) is 0 Å². The van der Waals surface area contributed by atoms with Crippen molar-refractivity contribution in [2.75, 3.05) is 23.5 Å². The lowest BCUT2D eigenvalue weighted by Gasteiger charge is -2.18. The van der Waals surface area contributed by atoms with Gasteiger partial charge in [0.2, 0.25) is 0 Å². The molecule has 1 aliphatic heterocycles. The van der Waals surface area contributed by atoms with Crippen LogP contribution in [0.3, 0.4) is 0 Å². The maximum absolute atomic E-state index is 4.91. The molecule has 0 unspecified atom stereocenters. The maximum Gasteiger partial charge on any atom is 0.178 e. The third kappa shape index (κ3) is 2.32. The van der Waals surface area contributed by atoms with E-state index in [9.17, 15) is 0 Å². The van der Waals surface area contributed by atoms with E-state index in [0.29, 0.717) is 0 Å². The van der Waals surface area contributed by atoms with Crippen LogP contribution in [0.15, 0.2) is 60.8 Å². The zero-order valence-electron chi connectivity index (χ0n) is 13.3. The molecule has 0 bridgehead atoms. The summed E-state index contributed by atoms with van der Waals surface area (Å²) in [7, 11) is 2.05. The summed E-state index contributed by atoms with van der Waals surface area (Å²) in [5.41, 5.74) is 4.39. The van der Waals surface area contributed by atoms with Crippen LogP contribution in [0.1, 0.15) is 5.56 Å². The number of para-hydroxylation sites is 1. The third-order valence-corrected chi connectivity index (χ3v) is 4.20. The second-order valence-corrected chi connectivity index (χ2v) is 5.82. The molecule has 23 heavy (non-hydrogen) atoms. The highest BCUT2D eigenvalue weighted by Gasteiger charge is 2.28. The highest BCUT2D eigenvalue weighted by molar-refractivity contribution is 5.78. The number of anilines is 3. The van der Waals surface area contributed by atoms with Gasteiger partial charge in [-0.15, -0.1) is 0 Å². The maximum atomic E-state index is 4.91. The van der Waals surface area contributed by atoms with Gasteiger partial charge in [-0.05, 0) is 24.6 Å². The molecular formula is C19H18N4. The topological polar surface area (TPSA) is 32.3 Å². The largest absolute Gasteiger partial charge is 0.338 e. The Balaban J connectivity index is 1.83. The van der Waals surface area contributed by atoms with E-state index >= 15 is 0 Å². The zero-order chi connectivity index (χ0) is 15.8. The molecule has 2 aromatic carbocycles. The second-order valence-electron chi connectivity index (χ2n) is 5.82. The van der Waals surface area contributed by atoms with Gasteiger partial charge in [0, 0.05) is 18.3 Å². The van der Waals surface area contributed by atoms with Crippen molar-refractivity contribution in [1.29, 1.82) is 0 Å². The molecule has 0 saturated heterocycles. The SMILES string of the molecule is Cc1ccccc1-c1cnc2c(n1)N(c1ccccc1)CN2C. The van der Waals surface area contributed by atoms with Crippen LogP contribution in [0, 0.1) is 6.92 Å². The van der Waals surface area contributed by atoms with Crippen molar-refractivity contribution in [2.45, 2.75) is 6.92 Å². The molecule has 0 radical (unpaired) electrons. The normalized spacial score (nSPS) is 13.3. The fourth-order valence-electron chi connectivity index (χ4n) is 2.97. The fraction of sp³-hybridized carbons (Fsp3) is 0.158. The molecule has 114 valence electrons. The molecule has 0 fully saturated rings. The lowest BCUT2D eigenvalue weighted by molar-refractivity contribution is 0.936. The minimum absolute atomic E-state index is 0.760. The van der Waals surface area contributed by atoms with Gasteiger partial charge in [-0.1, -0.05) is 42.5 Å². The molecule has 2 heterocycles. The van der Waals surface area contributed by atoms with Crippen molar-refractivity contribution in [1.82, 2.24) is 9.97 Å². The van der Waals surface area contributed by atoms with Gasteiger partial charge in [0.1, 0.15) is 0 Å². The van der Waals surface area contributed by atoms with Crippen molar-refractivity contribution < 1.29 is 0 Å². The average Bonchev–Trinajstić information content (AvgIpc) is 2.92. The van der Waals surface area contributed by atoms with Crippen molar-refractivity contribution in [3.8, 4) is 11.3 Å². The van der Waals surface area contributed by atoms with Gasteiger partial charge in [0.25, 0.3) is 0 Å². The van der Waals surface area contributed by atoms with Gasteiger partial charge >= 0.3 is 0 Å². The minimum Gasteiger partial charge on any atom is -0.338 e. The predicted molar refractivity (Wildman–Crippen MR) is 94.1 cm³/mol. The Kier molecular flexibility index (Phi) is 3.23. The third-order valence-electron chi connectivity index (χ3n) is 4.20. The van der Waals surface area contributed by atoms with E-state index in [1.54, 1.807) is 0 Å². The highest BCUT2D eigenvalue weighted by Crippen LogP contribution is 2.38. The Bertz CT molecular complexity index is 845. The number of hydrogen-bond acceptors (Lipinski definition) is 4. The number of nitrogens with zero attached hydrogens (tertiary/aromatic N) is 4. The molecule has 0 saturated carbocycles. The molecule has 0 spiro atoms. The van der Waals surface area contributed by atoms with E-state index in [4.69, 9.17) is 4.98 Å². The Morgan fingerprint density at radius 2 is 1.65 bits per heavy atom. The summed E-state index contributed by atoms with van der Waals surface area (Å²) in [6, 6.07) is 18.6. The van der Waals surface area contributed by atoms with E-state index in [2.05, 4.69) is 46.0 Å². The molecule has 3 aromatic rings. The van der Waals surface area contributed by atoms with Crippen LogP contribution in [0.25, 0.3) is 11.3 Å². The summed E-state index contributed by atoms with van der Waals surface area (Å²) in [5.74, 6) is 1.84. The summed E-state index contributed by atoms with van der Waals surface area (Å²) in [4.78, 5) is 13.9. The summed E-state index contributed by atoms with van der Waals surface area (Å²) >= 11 is 0. The van der Waals surface area contributed by atoms with Crippen LogP contribution < -0.4 is 9.80 Å². The molecule has 0 atom stereocenters. The van der Waals surface area contributed by atoms with Gasteiger partial charge < -0.3 is 9.80 Å². The number of rotatable bonds is 2. The lowest BCUT2D eigenvalue weighted by Crippen LogP contribution is -2.24. The Morgan fingerprint density at radius 3 is 2.43 bits per heavy atom. The smallest absolute Gasteiger partial charge is 0.178 e. The van der Waals surface area contributed by atoms with Crippen molar-refractivity contribution >= 4 is 17.3 Å². The quantitative estimate of drug-likeness (QED) is 0.716. The van der Waals surface area contributed by atoms with E-state index in [0.717, 1.165) is 35.2 Å². The van der Waals surface area contributed by atoms with Crippen molar-refractivity contribution in [3.63, 3.8) is 0 Å². The minimum atomic E-state index is 0.760. The van der Waals surface area contributed by atoms with Gasteiger partial charge in [-0.2, -0.15) is 0 Å². The molecule has 0 amide bonds. The predicted octanol–water partition coefficient (Wildman–Crippen LogP) is 4.00. The standard InChI is InChI=1S/C19H18N4/c1-14-8-6-7-11-16(14)17-12-20-18-19(21-17)23(13-22(18)2)15-9-4-3-5-10-15/h3-12H,13H2,1-2H3. The van der Waals surface area contributed by atoms with E-state index in [1.807, 2.05) is 43.6 Å². The van der Waals surface area contributed by atoms with E-state index in [-0.39, 0.29) is 0 Å². The summed E-state index contributed by atoms with van der Waals surface area (Å²) < 4.78 is 0. The summed E-state index contributed by atoms with van der Waals surface area (Å²) in [6.45, 7) is 2.86. The first-order valence-electron chi connectivity index (χ1n) is 7.71. The van der Waals surface area contributed by atoms with Gasteiger partial charge in [0.05, 0.1) is 18.6 Å². The molecule has 1 aliphatic rings. The number of aryl methyl sites for hydroxylation is 1. The zero-order valence-corrected chi connectivity index (χ0v) is 13.3. The first-order chi connectivity index (χ1) is 11.2. The fourth-order valence-corrected chi connectivity index (χ4v) is 2.97.